The number of halogens is 2. The minimum Gasteiger partial charge on any atom is -0.505 e. The number of hydrogen-bond donors (Lipinski definition) is 0. The number of rotatable bonds is 9. The van der Waals surface area contributed by atoms with Gasteiger partial charge in [0.05, 0.1) is 0 Å². The van der Waals surface area contributed by atoms with Crippen molar-refractivity contribution in [3.05, 3.63) is 83.6 Å². The molecule has 156 valence electrons. The number of carbonyl (C=O) groups is 1. The fraction of sp³-hybridized carbons (Fsp3) is 0.174. The average molecular weight is 410 g/mol. The fourth-order valence-corrected chi connectivity index (χ4v) is 2.54. The zero-order valence-corrected chi connectivity index (χ0v) is 17.5. The molecule has 2 aromatic rings. The van der Waals surface area contributed by atoms with Gasteiger partial charge in [-0.05, 0) is 47.5 Å². The zero-order chi connectivity index (χ0) is 22.1. The Labute approximate surface area is 177 Å². The number of hydrogen-bond acceptors (Lipinski definition) is 4. The smallest absolute Gasteiger partial charge is 0.505 e. The van der Waals surface area contributed by atoms with E-state index in [0.717, 1.165) is 28.6 Å². The van der Waals surface area contributed by atoms with Crippen molar-refractivity contribution in [1.29, 1.82) is 0 Å². The molecule has 0 saturated heterocycles. The summed E-state index contributed by atoms with van der Waals surface area (Å²) < 4.78 is 29.9. The van der Waals surface area contributed by atoms with Gasteiger partial charge >= 0.3 is 7.47 Å². The Bertz CT molecular complexity index is 919. The van der Waals surface area contributed by atoms with Crippen LogP contribution >= 0.6 is 0 Å². The third-order valence-electron chi connectivity index (χ3n) is 4.21. The fourth-order valence-electron chi connectivity index (χ4n) is 2.54. The van der Waals surface area contributed by atoms with Crippen LogP contribution in [-0.4, -0.2) is 41.4 Å². The summed E-state index contributed by atoms with van der Waals surface area (Å²) in [6.07, 6.45) is 6.96. The minimum atomic E-state index is -3.02. The van der Waals surface area contributed by atoms with Crippen molar-refractivity contribution in [3.63, 3.8) is 0 Å². The molecule has 0 aliphatic carbocycles. The first-order valence-electron chi connectivity index (χ1n) is 9.36. The van der Waals surface area contributed by atoms with Crippen LogP contribution in [0.1, 0.15) is 11.1 Å². The molecule has 0 bridgehead atoms. The lowest BCUT2D eigenvalue weighted by molar-refractivity contribution is -0.110. The minimum absolute atomic E-state index is 0.209. The maximum absolute atomic E-state index is 12.7. The average Bonchev–Trinajstić information content (AvgIpc) is 2.70. The summed E-state index contributed by atoms with van der Waals surface area (Å²) >= 11 is 0. The van der Waals surface area contributed by atoms with Crippen molar-refractivity contribution < 1.29 is 18.1 Å². The Morgan fingerprint density at radius 1 is 0.800 bits per heavy atom. The summed E-state index contributed by atoms with van der Waals surface area (Å²) in [6, 6.07) is 15.1. The second-order valence-electron chi connectivity index (χ2n) is 6.97. The second-order valence-corrected chi connectivity index (χ2v) is 6.97. The van der Waals surface area contributed by atoms with Crippen LogP contribution in [0.5, 0.6) is 0 Å². The maximum atomic E-state index is 12.7. The molecule has 0 spiro atoms. The lowest BCUT2D eigenvalue weighted by Gasteiger charge is -2.11. The van der Waals surface area contributed by atoms with Gasteiger partial charge in [-0.3, -0.25) is 4.79 Å². The van der Waals surface area contributed by atoms with E-state index >= 15 is 0 Å². The van der Waals surface area contributed by atoms with Gasteiger partial charge in [0, 0.05) is 45.6 Å². The van der Waals surface area contributed by atoms with Gasteiger partial charge in [0.1, 0.15) is 5.76 Å². The summed E-state index contributed by atoms with van der Waals surface area (Å²) in [6.45, 7) is 0. The highest BCUT2D eigenvalue weighted by molar-refractivity contribution is 6.35. The highest BCUT2D eigenvalue weighted by Gasteiger charge is 2.18. The van der Waals surface area contributed by atoms with E-state index in [1.54, 1.807) is 12.2 Å². The van der Waals surface area contributed by atoms with Crippen LogP contribution in [0.4, 0.5) is 20.0 Å². The third-order valence-corrected chi connectivity index (χ3v) is 4.21. The molecule has 0 aliphatic rings. The molecule has 4 nitrogen and oxygen atoms in total. The van der Waals surface area contributed by atoms with E-state index in [0.29, 0.717) is 0 Å². The highest BCUT2D eigenvalue weighted by atomic mass is 19.2. The summed E-state index contributed by atoms with van der Waals surface area (Å²) in [4.78, 5) is 16.1. The van der Waals surface area contributed by atoms with Crippen LogP contribution in [0.25, 0.3) is 12.2 Å². The molecule has 0 aliphatic heterocycles. The second kappa shape index (κ2) is 11.0. The monoisotopic (exact) mass is 410 g/mol. The van der Waals surface area contributed by atoms with Crippen molar-refractivity contribution >= 4 is 36.8 Å². The standard InChI is InChI=1S/C23H25BF2N2O2/c1-27(2)20-11-5-18(6-12-20)9-15-22(29)17-23(30-24(25)26)16-10-19-7-13-21(14-8-19)28(3)4/h5-17H,1-4H3. The van der Waals surface area contributed by atoms with E-state index in [-0.39, 0.29) is 5.76 Å². The topological polar surface area (TPSA) is 32.8 Å². The Hall–Kier alpha value is -3.35. The number of ketones is 1. The molecule has 30 heavy (non-hydrogen) atoms. The molecule has 2 rings (SSSR count). The van der Waals surface area contributed by atoms with Crippen molar-refractivity contribution in [2.75, 3.05) is 38.0 Å². The summed E-state index contributed by atoms with van der Waals surface area (Å²) in [5.74, 6) is -0.658. The molecule has 0 saturated carbocycles. The summed E-state index contributed by atoms with van der Waals surface area (Å²) in [7, 11) is 4.71. The van der Waals surface area contributed by atoms with Crippen LogP contribution in [-0.2, 0) is 9.45 Å². The number of anilines is 2. The first-order chi connectivity index (χ1) is 14.2. The lowest BCUT2D eigenvalue weighted by atomic mass is 10.1. The quantitative estimate of drug-likeness (QED) is 0.254. The van der Waals surface area contributed by atoms with Gasteiger partial charge in [-0.1, -0.05) is 36.4 Å². The van der Waals surface area contributed by atoms with E-state index in [1.165, 1.54) is 12.2 Å². The van der Waals surface area contributed by atoms with Gasteiger partial charge < -0.3 is 14.5 Å². The van der Waals surface area contributed by atoms with Gasteiger partial charge in [-0.15, -0.1) is 0 Å². The van der Waals surface area contributed by atoms with E-state index < -0.39 is 13.3 Å². The zero-order valence-electron chi connectivity index (χ0n) is 17.5. The molecule has 7 heteroatoms. The van der Waals surface area contributed by atoms with Gasteiger partial charge in [0.15, 0.2) is 5.78 Å². The molecule has 0 fully saturated rings. The van der Waals surface area contributed by atoms with Crippen LogP contribution in [0, 0.1) is 0 Å². The van der Waals surface area contributed by atoms with Gasteiger partial charge in [-0.25, -0.2) is 8.63 Å². The predicted octanol–water partition coefficient (Wildman–Crippen LogP) is 4.94. The van der Waals surface area contributed by atoms with Crippen LogP contribution < -0.4 is 9.80 Å². The van der Waals surface area contributed by atoms with Crippen molar-refractivity contribution in [2.45, 2.75) is 0 Å². The lowest BCUT2D eigenvalue weighted by Crippen LogP contribution is -2.07. The Balaban J connectivity index is 2.11. The van der Waals surface area contributed by atoms with E-state index in [1.807, 2.05) is 86.5 Å². The maximum Gasteiger partial charge on any atom is 0.796 e. The predicted molar refractivity (Wildman–Crippen MR) is 122 cm³/mol. The molecular weight excluding hydrogens is 385 g/mol. The van der Waals surface area contributed by atoms with E-state index in [9.17, 15) is 13.4 Å². The molecule has 0 unspecified atom stereocenters. The van der Waals surface area contributed by atoms with Crippen molar-refractivity contribution in [1.82, 2.24) is 0 Å². The molecule has 0 radical (unpaired) electrons. The normalized spacial score (nSPS) is 11.7. The Morgan fingerprint density at radius 3 is 1.63 bits per heavy atom. The molecule has 0 aromatic heterocycles. The number of carbonyl (C=O) groups excluding carboxylic acids is 1. The van der Waals surface area contributed by atoms with Crippen LogP contribution in [0.2, 0.25) is 0 Å². The summed E-state index contributed by atoms with van der Waals surface area (Å²) in [5, 5.41) is 0. The first kappa shape index (κ1) is 22.9. The highest BCUT2D eigenvalue weighted by Crippen LogP contribution is 2.16. The van der Waals surface area contributed by atoms with Gasteiger partial charge in [0.25, 0.3) is 0 Å². The molecule has 0 atom stereocenters. The molecular formula is C23H25BF2N2O2. The Kier molecular flexibility index (Phi) is 8.41. The van der Waals surface area contributed by atoms with Crippen LogP contribution in [0.3, 0.4) is 0 Å². The third kappa shape index (κ3) is 7.58. The number of nitrogens with zero attached hydrogens (tertiary/aromatic N) is 2. The Morgan fingerprint density at radius 2 is 1.23 bits per heavy atom. The number of benzene rings is 2. The molecule has 2 aromatic carbocycles. The van der Waals surface area contributed by atoms with Gasteiger partial charge in [0.2, 0.25) is 0 Å². The van der Waals surface area contributed by atoms with E-state index in [4.69, 9.17) is 0 Å². The van der Waals surface area contributed by atoms with E-state index in [2.05, 4.69) is 4.65 Å². The first-order valence-corrected chi connectivity index (χ1v) is 9.36. The number of allylic oxidation sites excluding steroid dienone is 3. The van der Waals surface area contributed by atoms with Crippen molar-refractivity contribution in [2.24, 2.45) is 0 Å². The molecule has 0 N–H and O–H groups in total. The molecule has 0 heterocycles. The van der Waals surface area contributed by atoms with Crippen molar-refractivity contribution in [3.8, 4) is 0 Å². The summed E-state index contributed by atoms with van der Waals surface area (Å²) in [5.41, 5.74) is 3.68. The van der Waals surface area contributed by atoms with Crippen LogP contribution in [0.15, 0.2) is 72.5 Å². The molecule has 0 amide bonds. The largest absolute Gasteiger partial charge is 0.796 e. The SMILES string of the molecule is CN(C)c1ccc(C=CC(=O)C=C(C=Cc2ccc(N(C)C)cc2)OB(F)F)cc1. The van der Waals surface area contributed by atoms with Gasteiger partial charge in [-0.2, -0.15) is 0 Å².